The highest BCUT2D eigenvalue weighted by molar-refractivity contribution is 5.94. The molecule has 0 fully saturated rings. The predicted molar refractivity (Wildman–Crippen MR) is 68.5 cm³/mol. The lowest BCUT2D eigenvalue weighted by Crippen LogP contribution is -2.43. The Morgan fingerprint density at radius 1 is 1.24 bits per heavy atom. The Hall–Kier alpha value is -2.71. The van der Waals surface area contributed by atoms with Gasteiger partial charge in [0.25, 0.3) is 0 Å². The van der Waals surface area contributed by atoms with Gasteiger partial charge in [0.2, 0.25) is 5.91 Å². The molecule has 0 bridgehead atoms. The van der Waals surface area contributed by atoms with Gasteiger partial charge in [-0.1, -0.05) is 0 Å². The molecule has 0 saturated heterocycles. The van der Waals surface area contributed by atoms with Crippen molar-refractivity contribution in [2.75, 3.05) is 18.4 Å². The summed E-state index contributed by atoms with van der Waals surface area (Å²) in [5, 5.41) is 10.6. The van der Waals surface area contributed by atoms with Crippen LogP contribution in [0.3, 0.4) is 0 Å². The van der Waals surface area contributed by atoms with Gasteiger partial charge in [0, 0.05) is 6.07 Å². The zero-order valence-corrected chi connectivity index (χ0v) is 11.0. The average molecular weight is 301 g/mol. The Balaban J connectivity index is 2.93. The van der Waals surface area contributed by atoms with Crippen LogP contribution in [-0.2, 0) is 9.59 Å². The molecule has 1 aromatic carbocycles. The van der Waals surface area contributed by atoms with Crippen LogP contribution in [0.4, 0.5) is 19.3 Å². The third-order valence-corrected chi connectivity index (χ3v) is 2.45. The maximum Gasteiger partial charge on any atom is 0.323 e. The van der Waals surface area contributed by atoms with Gasteiger partial charge >= 0.3 is 12.0 Å². The van der Waals surface area contributed by atoms with Crippen LogP contribution in [0.5, 0.6) is 0 Å². The maximum atomic E-state index is 13.6. The molecule has 0 aliphatic carbocycles. The van der Waals surface area contributed by atoms with E-state index in [4.69, 9.17) is 10.8 Å². The van der Waals surface area contributed by atoms with Crippen molar-refractivity contribution >= 4 is 23.6 Å². The number of hydrogen-bond acceptors (Lipinski definition) is 3. The molecule has 0 spiro atoms. The maximum absolute atomic E-state index is 13.6. The Morgan fingerprint density at radius 2 is 1.86 bits per heavy atom. The number of nitrogens with two attached hydrogens (primary N) is 1. The number of nitrogens with one attached hydrogen (secondary N) is 1. The molecule has 0 aliphatic rings. The first-order chi connectivity index (χ1) is 9.70. The van der Waals surface area contributed by atoms with E-state index < -0.39 is 48.3 Å². The number of carboxylic acids is 1. The molecule has 9 heteroatoms. The molecule has 0 aliphatic heterocycles. The summed E-state index contributed by atoms with van der Waals surface area (Å²) in [5.41, 5.74) is 4.46. The summed E-state index contributed by atoms with van der Waals surface area (Å²) >= 11 is 0. The van der Waals surface area contributed by atoms with E-state index >= 15 is 0 Å². The second-order valence-electron chi connectivity index (χ2n) is 4.23. The van der Waals surface area contributed by atoms with Gasteiger partial charge in [0.15, 0.2) is 0 Å². The molecule has 114 valence electrons. The van der Waals surface area contributed by atoms with Crippen LogP contribution in [0.15, 0.2) is 12.1 Å². The second kappa shape index (κ2) is 6.64. The fraction of sp³-hybridized carbons (Fsp3) is 0.250. The lowest BCUT2D eigenvalue weighted by molar-refractivity contribution is -0.137. The molecule has 3 amide bonds. The molecule has 0 heterocycles. The van der Waals surface area contributed by atoms with Crippen molar-refractivity contribution in [2.24, 2.45) is 5.73 Å². The third kappa shape index (κ3) is 4.71. The van der Waals surface area contributed by atoms with E-state index in [1.807, 2.05) is 5.32 Å². The highest BCUT2D eigenvalue weighted by Gasteiger charge is 2.20. The Labute approximate surface area is 118 Å². The van der Waals surface area contributed by atoms with Crippen molar-refractivity contribution in [1.29, 1.82) is 0 Å². The van der Waals surface area contributed by atoms with E-state index in [1.165, 1.54) is 6.92 Å². The minimum atomic E-state index is -1.39. The van der Waals surface area contributed by atoms with Crippen LogP contribution in [0.25, 0.3) is 0 Å². The number of halogens is 2. The van der Waals surface area contributed by atoms with E-state index in [0.29, 0.717) is 4.90 Å². The zero-order chi connectivity index (χ0) is 16.2. The van der Waals surface area contributed by atoms with Gasteiger partial charge in [-0.15, -0.1) is 0 Å². The molecule has 1 aromatic rings. The average Bonchev–Trinajstić information content (AvgIpc) is 2.33. The van der Waals surface area contributed by atoms with Gasteiger partial charge in [-0.05, 0) is 18.6 Å². The SMILES string of the molecule is Cc1cc(F)c(NC(=O)N(CC(N)=O)CC(=O)O)cc1F. The first-order valence-corrected chi connectivity index (χ1v) is 5.72. The number of anilines is 1. The Morgan fingerprint density at radius 3 is 2.38 bits per heavy atom. The van der Waals surface area contributed by atoms with Crippen LogP contribution in [0.1, 0.15) is 5.56 Å². The van der Waals surface area contributed by atoms with Gasteiger partial charge < -0.3 is 21.1 Å². The predicted octanol–water partition coefficient (Wildman–Crippen LogP) is 0.677. The summed E-state index contributed by atoms with van der Waals surface area (Å²) in [5.74, 6) is -3.97. The fourth-order valence-corrected chi connectivity index (χ4v) is 1.49. The van der Waals surface area contributed by atoms with Gasteiger partial charge in [0.1, 0.15) is 24.7 Å². The standard InChI is InChI=1S/C12H13F2N3O4/c1-6-2-8(14)9(3-7(6)13)16-12(21)17(4-10(15)18)5-11(19)20/h2-3H,4-5H2,1H3,(H2,15,18)(H,16,21)(H,19,20). The van der Waals surface area contributed by atoms with Crippen LogP contribution >= 0.6 is 0 Å². The summed E-state index contributed by atoms with van der Waals surface area (Å²) in [7, 11) is 0. The first kappa shape index (κ1) is 16.3. The molecular weight excluding hydrogens is 288 g/mol. The van der Waals surface area contributed by atoms with E-state index in [0.717, 1.165) is 12.1 Å². The molecule has 0 saturated carbocycles. The van der Waals surface area contributed by atoms with E-state index in [9.17, 15) is 23.2 Å². The number of carbonyl (C=O) groups is 3. The van der Waals surface area contributed by atoms with E-state index in [-0.39, 0.29) is 5.56 Å². The van der Waals surface area contributed by atoms with Crippen LogP contribution in [0, 0.1) is 18.6 Å². The molecule has 0 aromatic heterocycles. The van der Waals surface area contributed by atoms with Crippen molar-refractivity contribution in [2.45, 2.75) is 6.92 Å². The summed E-state index contributed by atoms with van der Waals surface area (Å²) in [4.78, 5) is 33.7. The smallest absolute Gasteiger partial charge is 0.323 e. The molecule has 0 radical (unpaired) electrons. The number of amides is 3. The fourth-order valence-electron chi connectivity index (χ4n) is 1.49. The normalized spacial score (nSPS) is 10.0. The summed E-state index contributed by atoms with van der Waals surface area (Å²) in [6, 6.07) is 0.546. The highest BCUT2D eigenvalue weighted by Crippen LogP contribution is 2.19. The Bertz CT molecular complexity index is 576. The number of aliphatic carboxylic acids is 1. The number of hydrogen-bond donors (Lipinski definition) is 3. The highest BCUT2D eigenvalue weighted by atomic mass is 19.1. The first-order valence-electron chi connectivity index (χ1n) is 5.72. The molecular formula is C12H13F2N3O4. The topological polar surface area (TPSA) is 113 Å². The van der Waals surface area contributed by atoms with Crippen molar-refractivity contribution in [3.8, 4) is 0 Å². The molecule has 0 atom stereocenters. The van der Waals surface area contributed by atoms with Gasteiger partial charge in [-0.25, -0.2) is 13.6 Å². The summed E-state index contributed by atoms with van der Waals surface area (Å²) in [6.45, 7) is -0.146. The van der Waals surface area contributed by atoms with E-state index in [1.54, 1.807) is 0 Å². The zero-order valence-electron chi connectivity index (χ0n) is 11.0. The lowest BCUT2D eigenvalue weighted by Gasteiger charge is -2.19. The lowest BCUT2D eigenvalue weighted by atomic mass is 10.2. The van der Waals surface area contributed by atoms with Crippen LogP contribution in [-0.4, -0.2) is 41.0 Å². The number of benzene rings is 1. The monoisotopic (exact) mass is 301 g/mol. The van der Waals surface area contributed by atoms with Crippen LogP contribution in [0.2, 0.25) is 0 Å². The number of primary amides is 1. The largest absolute Gasteiger partial charge is 0.480 e. The molecule has 21 heavy (non-hydrogen) atoms. The minimum Gasteiger partial charge on any atom is -0.480 e. The number of rotatable bonds is 5. The molecule has 1 rings (SSSR count). The number of carbonyl (C=O) groups excluding carboxylic acids is 2. The van der Waals surface area contributed by atoms with Crippen molar-refractivity contribution in [3.05, 3.63) is 29.3 Å². The summed E-state index contributed by atoms with van der Waals surface area (Å²) in [6.07, 6.45) is 0. The molecule has 4 N–H and O–H groups in total. The van der Waals surface area contributed by atoms with Gasteiger partial charge in [-0.2, -0.15) is 0 Å². The summed E-state index contributed by atoms with van der Waals surface area (Å²) < 4.78 is 26.9. The third-order valence-electron chi connectivity index (χ3n) is 2.45. The molecule has 0 unspecified atom stereocenters. The van der Waals surface area contributed by atoms with Gasteiger partial charge in [-0.3, -0.25) is 9.59 Å². The van der Waals surface area contributed by atoms with E-state index in [2.05, 4.69) is 0 Å². The second-order valence-corrected chi connectivity index (χ2v) is 4.23. The number of carboxylic acid groups (broad SMARTS) is 1. The number of nitrogens with zero attached hydrogens (tertiary/aromatic N) is 1. The minimum absolute atomic E-state index is 0.0463. The molecule has 7 nitrogen and oxygen atoms in total. The van der Waals surface area contributed by atoms with Crippen molar-refractivity contribution < 1.29 is 28.3 Å². The quantitative estimate of drug-likeness (QED) is 0.742. The number of urea groups is 1. The Kier molecular flexibility index (Phi) is 5.17. The van der Waals surface area contributed by atoms with Crippen LogP contribution < -0.4 is 11.1 Å². The number of aryl methyl sites for hydroxylation is 1. The van der Waals surface area contributed by atoms with Crippen molar-refractivity contribution in [1.82, 2.24) is 4.90 Å². The van der Waals surface area contributed by atoms with Gasteiger partial charge in [0.05, 0.1) is 5.69 Å². The van der Waals surface area contributed by atoms with Crippen molar-refractivity contribution in [3.63, 3.8) is 0 Å².